The van der Waals surface area contributed by atoms with Crippen LogP contribution in [0.3, 0.4) is 0 Å². The van der Waals surface area contributed by atoms with E-state index < -0.39 is 17.5 Å². The zero-order valence-electron chi connectivity index (χ0n) is 10.7. The molecule has 0 atom stereocenters. The van der Waals surface area contributed by atoms with Crippen molar-refractivity contribution in [2.75, 3.05) is 0 Å². The van der Waals surface area contributed by atoms with Gasteiger partial charge in [-0.3, -0.25) is 0 Å². The van der Waals surface area contributed by atoms with E-state index in [4.69, 9.17) is 11.2 Å². The average molecular weight is 249 g/mol. The highest BCUT2D eigenvalue weighted by Crippen LogP contribution is 2.10. The summed E-state index contributed by atoms with van der Waals surface area (Å²) < 4.78 is 18.4. The predicted molar refractivity (Wildman–Crippen MR) is 67.4 cm³/mol. The number of hydrogen-bond donors (Lipinski definition) is 1. The highest BCUT2D eigenvalue weighted by atomic mass is 19.1. The summed E-state index contributed by atoms with van der Waals surface area (Å²) in [6.45, 7) is 5.51. The normalized spacial score (nSPS) is 10.6. The summed E-state index contributed by atoms with van der Waals surface area (Å²) in [5.41, 5.74) is 0.274. The summed E-state index contributed by atoms with van der Waals surface area (Å²) in [5, 5.41) is 2.54. The Labute approximate surface area is 106 Å². The van der Waals surface area contributed by atoms with E-state index in [1.54, 1.807) is 26.8 Å². The third kappa shape index (κ3) is 4.46. The standard InChI is InChI=1S/C14H16FNO2/c1-5-11-7-6-10(8-12(11)15)9-16-13(17)18-14(2,3)4/h1,6-8H,9H2,2-4H3,(H,16,17). The number of benzene rings is 1. The minimum absolute atomic E-state index is 0.191. The molecule has 0 aromatic heterocycles. The zero-order valence-corrected chi connectivity index (χ0v) is 10.7. The van der Waals surface area contributed by atoms with Gasteiger partial charge >= 0.3 is 6.09 Å². The second kappa shape index (κ2) is 5.54. The van der Waals surface area contributed by atoms with Crippen molar-refractivity contribution in [2.24, 2.45) is 0 Å². The summed E-state index contributed by atoms with van der Waals surface area (Å²) in [5.74, 6) is 1.76. The molecule has 1 amide bonds. The maximum absolute atomic E-state index is 13.4. The van der Waals surface area contributed by atoms with E-state index in [1.165, 1.54) is 12.1 Å². The maximum atomic E-state index is 13.4. The van der Waals surface area contributed by atoms with Crippen molar-refractivity contribution in [1.29, 1.82) is 0 Å². The molecule has 0 unspecified atom stereocenters. The SMILES string of the molecule is C#Cc1ccc(CNC(=O)OC(C)(C)C)cc1F. The lowest BCUT2D eigenvalue weighted by Gasteiger charge is -2.19. The molecule has 1 aromatic carbocycles. The molecular formula is C14H16FNO2. The molecule has 4 heteroatoms. The van der Waals surface area contributed by atoms with Crippen LogP contribution in [0.2, 0.25) is 0 Å². The van der Waals surface area contributed by atoms with Crippen LogP contribution < -0.4 is 5.32 Å². The highest BCUT2D eigenvalue weighted by molar-refractivity contribution is 5.67. The first kappa shape index (κ1) is 14.0. The first-order valence-electron chi connectivity index (χ1n) is 5.54. The van der Waals surface area contributed by atoms with Gasteiger partial charge in [-0.1, -0.05) is 12.0 Å². The molecule has 0 aliphatic rings. The third-order valence-corrected chi connectivity index (χ3v) is 2.02. The number of nitrogens with one attached hydrogen (secondary N) is 1. The van der Waals surface area contributed by atoms with Crippen LogP contribution in [0.15, 0.2) is 18.2 Å². The zero-order chi connectivity index (χ0) is 13.8. The van der Waals surface area contributed by atoms with Gasteiger partial charge in [0.15, 0.2) is 0 Å². The van der Waals surface area contributed by atoms with Gasteiger partial charge < -0.3 is 10.1 Å². The Balaban J connectivity index is 2.57. The van der Waals surface area contributed by atoms with Gasteiger partial charge in [-0.25, -0.2) is 9.18 Å². The fraction of sp³-hybridized carbons (Fsp3) is 0.357. The monoisotopic (exact) mass is 249 g/mol. The van der Waals surface area contributed by atoms with Gasteiger partial charge in [-0.15, -0.1) is 6.42 Å². The number of amides is 1. The van der Waals surface area contributed by atoms with Gasteiger partial charge in [0.1, 0.15) is 11.4 Å². The Bertz CT molecular complexity index is 484. The maximum Gasteiger partial charge on any atom is 0.407 e. The van der Waals surface area contributed by atoms with Crippen molar-refractivity contribution < 1.29 is 13.9 Å². The quantitative estimate of drug-likeness (QED) is 0.818. The molecule has 0 aliphatic carbocycles. The Kier molecular flexibility index (Phi) is 4.33. The summed E-state index contributed by atoms with van der Waals surface area (Å²) >= 11 is 0. The molecule has 0 aliphatic heterocycles. The molecule has 0 radical (unpaired) electrons. The lowest BCUT2D eigenvalue weighted by molar-refractivity contribution is 0.0523. The van der Waals surface area contributed by atoms with Crippen molar-refractivity contribution in [3.05, 3.63) is 35.1 Å². The van der Waals surface area contributed by atoms with Gasteiger partial charge in [0, 0.05) is 6.54 Å². The lowest BCUT2D eigenvalue weighted by Crippen LogP contribution is -2.32. The van der Waals surface area contributed by atoms with Crippen molar-refractivity contribution in [1.82, 2.24) is 5.32 Å². The molecule has 0 saturated heterocycles. The molecule has 1 N–H and O–H groups in total. The van der Waals surface area contributed by atoms with Crippen molar-refractivity contribution in [3.8, 4) is 12.3 Å². The van der Waals surface area contributed by atoms with Gasteiger partial charge in [0.05, 0.1) is 5.56 Å². The van der Waals surface area contributed by atoms with Crippen molar-refractivity contribution in [2.45, 2.75) is 32.9 Å². The molecule has 0 spiro atoms. The number of rotatable bonds is 2. The number of halogens is 1. The van der Waals surface area contributed by atoms with Crippen LogP contribution in [0, 0.1) is 18.2 Å². The second-order valence-electron chi connectivity index (χ2n) is 4.81. The number of carbonyl (C=O) groups excluding carboxylic acids is 1. The molecular weight excluding hydrogens is 233 g/mol. The minimum atomic E-state index is -0.553. The molecule has 0 bridgehead atoms. The number of terminal acetylenes is 1. The Morgan fingerprint density at radius 3 is 2.67 bits per heavy atom. The van der Waals surface area contributed by atoms with Crippen molar-refractivity contribution >= 4 is 6.09 Å². The van der Waals surface area contributed by atoms with Crippen LogP contribution in [0.5, 0.6) is 0 Å². The Hall–Kier alpha value is -2.02. The molecule has 1 rings (SSSR count). The Morgan fingerprint density at radius 1 is 1.50 bits per heavy atom. The smallest absolute Gasteiger partial charge is 0.407 e. The topological polar surface area (TPSA) is 38.3 Å². The number of alkyl carbamates (subject to hydrolysis) is 1. The first-order chi connectivity index (χ1) is 8.31. The fourth-order valence-electron chi connectivity index (χ4n) is 1.27. The third-order valence-electron chi connectivity index (χ3n) is 2.02. The van der Waals surface area contributed by atoms with Crippen molar-refractivity contribution in [3.63, 3.8) is 0 Å². The summed E-state index contributed by atoms with van der Waals surface area (Å²) in [6, 6.07) is 4.46. The Morgan fingerprint density at radius 2 is 2.17 bits per heavy atom. The molecule has 3 nitrogen and oxygen atoms in total. The van der Waals surface area contributed by atoms with E-state index in [9.17, 15) is 9.18 Å². The summed E-state index contributed by atoms with van der Waals surface area (Å²) in [7, 11) is 0. The molecule has 0 fully saturated rings. The average Bonchev–Trinajstić information content (AvgIpc) is 2.24. The first-order valence-corrected chi connectivity index (χ1v) is 5.54. The van der Waals surface area contributed by atoms with Crippen LogP contribution in [-0.2, 0) is 11.3 Å². The van der Waals surface area contributed by atoms with E-state index in [0.29, 0.717) is 5.56 Å². The lowest BCUT2D eigenvalue weighted by atomic mass is 10.1. The van der Waals surface area contributed by atoms with E-state index in [0.717, 1.165) is 0 Å². The van der Waals surface area contributed by atoms with Crippen LogP contribution in [0.25, 0.3) is 0 Å². The molecule has 1 aromatic rings. The van der Waals surface area contributed by atoms with E-state index >= 15 is 0 Å². The summed E-state index contributed by atoms with van der Waals surface area (Å²) in [6.07, 6.45) is 4.57. The largest absolute Gasteiger partial charge is 0.444 e. The minimum Gasteiger partial charge on any atom is -0.444 e. The molecule has 0 heterocycles. The van der Waals surface area contributed by atoms with Crippen LogP contribution in [-0.4, -0.2) is 11.7 Å². The molecule has 0 saturated carbocycles. The van der Waals surface area contributed by atoms with Gasteiger partial charge in [0.25, 0.3) is 0 Å². The van der Waals surface area contributed by atoms with E-state index in [2.05, 4.69) is 11.2 Å². The van der Waals surface area contributed by atoms with Crippen LogP contribution in [0.4, 0.5) is 9.18 Å². The summed E-state index contributed by atoms with van der Waals surface area (Å²) in [4.78, 5) is 11.4. The molecule has 96 valence electrons. The number of carbonyl (C=O) groups is 1. The number of ether oxygens (including phenoxy) is 1. The van der Waals surface area contributed by atoms with Gasteiger partial charge in [-0.05, 0) is 38.5 Å². The highest BCUT2D eigenvalue weighted by Gasteiger charge is 2.15. The second-order valence-corrected chi connectivity index (χ2v) is 4.81. The van der Waals surface area contributed by atoms with Crippen LogP contribution >= 0.6 is 0 Å². The van der Waals surface area contributed by atoms with E-state index in [1.807, 2.05) is 0 Å². The predicted octanol–water partition coefficient (Wildman–Crippen LogP) is 2.83. The van der Waals surface area contributed by atoms with Gasteiger partial charge in [-0.2, -0.15) is 0 Å². The fourth-order valence-corrected chi connectivity index (χ4v) is 1.27. The van der Waals surface area contributed by atoms with E-state index in [-0.39, 0.29) is 12.1 Å². The van der Waals surface area contributed by atoms with Gasteiger partial charge in [0.2, 0.25) is 0 Å². The molecule has 18 heavy (non-hydrogen) atoms. The number of hydrogen-bond acceptors (Lipinski definition) is 2. The van der Waals surface area contributed by atoms with Crippen LogP contribution in [0.1, 0.15) is 31.9 Å².